The normalized spacial score (nSPS) is 11.0. The molecular weight excluding hydrogens is 402 g/mol. The van der Waals surface area contributed by atoms with Gasteiger partial charge in [0.2, 0.25) is 0 Å². The summed E-state index contributed by atoms with van der Waals surface area (Å²) in [7, 11) is 0. The molecule has 0 unspecified atom stereocenters. The fraction of sp³-hybridized carbons (Fsp3) is 0.222. The number of rotatable bonds is 8. The number of carbonyl (C=O) groups is 1. The molecule has 0 fully saturated rings. The van der Waals surface area contributed by atoms with Crippen LogP contribution >= 0.6 is 0 Å². The van der Waals surface area contributed by atoms with Gasteiger partial charge in [0.15, 0.2) is 11.5 Å². The Labute approximate surface area is 187 Å². The number of aryl methyl sites for hydroxylation is 2. The van der Waals surface area contributed by atoms with Crippen molar-refractivity contribution in [3.05, 3.63) is 82.9 Å². The second-order valence-corrected chi connectivity index (χ2v) is 7.87. The lowest BCUT2D eigenvalue weighted by molar-refractivity contribution is -0.136. The highest BCUT2D eigenvalue weighted by Gasteiger charge is 2.20. The van der Waals surface area contributed by atoms with E-state index in [9.17, 15) is 9.90 Å². The van der Waals surface area contributed by atoms with E-state index in [4.69, 9.17) is 9.47 Å². The molecule has 5 heteroatoms. The zero-order valence-electron chi connectivity index (χ0n) is 18.6. The lowest BCUT2D eigenvalue weighted by atomic mass is 9.98. The van der Waals surface area contributed by atoms with Crippen LogP contribution in [0.1, 0.15) is 29.2 Å². The SMILES string of the molecule is CCOc1cc(-c2[nH]c3c(C)ccc(C)c3c2CC(=O)O)ccc1OCc1ccccc1. The number of carboxylic acids is 1. The Bertz CT molecular complexity index is 1260. The van der Waals surface area contributed by atoms with E-state index < -0.39 is 5.97 Å². The molecular formula is C27H27NO4. The van der Waals surface area contributed by atoms with Gasteiger partial charge in [-0.3, -0.25) is 4.79 Å². The fourth-order valence-electron chi connectivity index (χ4n) is 4.05. The van der Waals surface area contributed by atoms with Crippen molar-refractivity contribution in [2.75, 3.05) is 6.61 Å². The van der Waals surface area contributed by atoms with Crippen molar-refractivity contribution >= 4 is 16.9 Å². The lowest BCUT2D eigenvalue weighted by Crippen LogP contribution is -2.02. The summed E-state index contributed by atoms with van der Waals surface area (Å²) in [6.07, 6.45) is -0.0597. The molecule has 1 heterocycles. The molecule has 0 saturated heterocycles. The smallest absolute Gasteiger partial charge is 0.307 e. The van der Waals surface area contributed by atoms with Crippen LogP contribution in [0.3, 0.4) is 0 Å². The van der Waals surface area contributed by atoms with Gasteiger partial charge in [-0.15, -0.1) is 0 Å². The van der Waals surface area contributed by atoms with Gasteiger partial charge in [-0.1, -0.05) is 42.5 Å². The molecule has 2 N–H and O–H groups in total. The van der Waals surface area contributed by atoms with Crippen LogP contribution in [0.4, 0.5) is 0 Å². The highest BCUT2D eigenvalue weighted by Crippen LogP contribution is 2.38. The molecule has 0 atom stereocenters. The molecule has 164 valence electrons. The molecule has 4 aromatic rings. The maximum atomic E-state index is 11.7. The fourth-order valence-corrected chi connectivity index (χ4v) is 4.05. The Morgan fingerprint density at radius 3 is 2.41 bits per heavy atom. The van der Waals surface area contributed by atoms with Crippen molar-refractivity contribution in [2.45, 2.75) is 33.8 Å². The van der Waals surface area contributed by atoms with Crippen molar-refractivity contribution in [3.8, 4) is 22.8 Å². The maximum Gasteiger partial charge on any atom is 0.307 e. The number of aliphatic carboxylic acids is 1. The number of ether oxygens (including phenoxy) is 2. The van der Waals surface area contributed by atoms with Gasteiger partial charge < -0.3 is 19.6 Å². The molecule has 32 heavy (non-hydrogen) atoms. The second kappa shape index (κ2) is 9.18. The van der Waals surface area contributed by atoms with Gasteiger partial charge in [0.05, 0.1) is 18.7 Å². The van der Waals surface area contributed by atoms with E-state index in [1.54, 1.807) is 0 Å². The van der Waals surface area contributed by atoms with Crippen molar-refractivity contribution in [2.24, 2.45) is 0 Å². The van der Waals surface area contributed by atoms with Crippen LogP contribution in [0.25, 0.3) is 22.2 Å². The Morgan fingerprint density at radius 1 is 0.938 bits per heavy atom. The van der Waals surface area contributed by atoms with E-state index in [2.05, 4.69) is 11.1 Å². The van der Waals surface area contributed by atoms with Gasteiger partial charge in [-0.05, 0) is 61.2 Å². The van der Waals surface area contributed by atoms with Crippen molar-refractivity contribution in [3.63, 3.8) is 0 Å². The van der Waals surface area contributed by atoms with E-state index in [-0.39, 0.29) is 6.42 Å². The minimum absolute atomic E-state index is 0.0597. The molecule has 0 saturated carbocycles. The minimum Gasteiger partial charge on any atom is -0.490 e. The standard InChI is InChI=1S/C27H27NO4/c1-4-31-23-14-20(12-13-22(23)32-16-19-8-6-5-7-9-19)27-21(15-24(29)30)25-17(2)10-11-18(3)26(25)28-27/h5-14,28H,4,15-16H2,1-3H3,(H,29,30). The molecule has 0 amide bonds. The molecule has 0 aliphatic rings. The third-order valence-electron chi connectivity index (χ3n) is 5.57. The number of nitrogens with one attached hydrogen (secondary N) is 1. The molecule has 0 aliphatic carbocycles. The average molecular weight is 430 g/mol. The first kappa shape index (κ1) is 21.5. The monoisotopic (exact) mass is 429 g/mol. The van der Waals surface area contributed by atoms with E-state index in [0.717, 1.165) is 44.4 Å². The predicted molar refractivity (Wildman–Crippen MR) is 126 cm³/mol. The van der Waals surface area contributed by atoms with Crippen LogP contribution < -0.4 is 9.47 Å². The number of aromatic nitrogens is 1. The van der Waals surface area contributed by atoms with Crippen LogP contribution in [-0.4, -0.2) is 22.7 Å². The summed E-state index contributed by atoms with van der Waals surface area (Å²) in [4.78, 5) is 15.2. The zero-order chi connectivity index (χ0) is 22.7. The molecule has 5 nitrogen and oxygen atoms in total. The minimum atomic E-state index is -0.860. The zero-order valence-corrected chi connectivity index (χ0v) is 18.6. The second-order valence-electron chi connectivity index (χ2n) is 7.87. The highest BCUT2D eigenvalue weighted by molar-refractivity contribution is 5.97. The number of H-pyrrole nitrogens is 1. The Morgan fingerprint density at radius 2 is 1.69 bits per heavy atom. The Hall–Kier alpha value is -3.73. The van der Waals surface area contributed by atoms with Gasteiger partial charge in [0.1, 0.15) is 6.61 Å². The van der Waals surface area contributed by atoms with Crippen LogP contribution in [0.2, 0.25) is 0 Å². The maximum absolute atomic E-state index is 11.7. The van der Waals surface area contributed by atoms with Crippen LogP contribution in [0.5, 0.6) is 11.5 Å². The molecule has 0 aliphatic heterocycles. The summed E-state index contributed by atoms with van der Waals surface area (Å²) in [5.74, 6) is 0.429. The highest BCUT2D eigenvalue weighted by atomic mass is 16.5. The third-order valence-corrected chi connectivity index (χ3v) is 5.57. The largest absolute Gasteiger partial charge is 0.490 e. The van der Waals surface area contributed by atoms with Gasteiger partial charge in [0, 0.05) is 16.5 Å². The number of benzene rings is 3. The number of carboxylic acid groups (broad SMARTS) is 1. The molecule has 0 bridgehead atoms. The Kier molecular flexibility index (Phi) is 6.17. The van der Waals surface area contributed by atoms with E-state index in [1.807, 2.05) is 75.4 Å². The predicted octanol–water partition coefficient (Wildman–Crippen LogP) is 6.06. The number of fused-ring (bicyclic) bond motifs is 1. The van der Waals surface area contributed by atoms with Crippen LogP contribution in [0, 0.1) is 13.8 Å². The molecule has 3 aromatic carbocycles. The van der Waals surface area contributed by atoms with Gasteiger partial charge in [0.25, 0.3) is 0 Å². The van der Waals surface area contributed by atoms with E-state index in [0.29, 0.717) is 24.7 Å². The molecule has 4 rings (SSSR count). The third kappa shape index (κ3) is 4.33. The van der Waals surface area contributed by atoms with Crippen LogP contribution in [-0.2, 0) is 17.8 Å². The van der Waals surface area contributed by atoms with E-state index >= 15 is 0 Å². The Balaban J connectivity index is 1.77. The van der Waals surface area contributed by atoms with Crippen molar-refractivity contribution in [1.29, 1.82) is 0 Å². The van der Waals surface area contributed by atoms with Gasteiger partial charge in [-0.2, -0.15) is 0 Å². The summed E-state index contributed by atoms with van der Waals surface area (Å²) in [5.41, 5.74) is 6.63. The summed E-state index contributed by atoms with van der Waals surface area (Å²) in [5, 5.41) is 10.6. The summed E-state index contributed by atoms with van der Waals surface area (Å²) in [6, 6.07) is 19.8. The number of hydrogen-bond acceptors (Lipinski definition) is 3. The van der Waals surface area contributed by atoms with Crippen LogP contribution in [0.15, 0.2) is 60.7 Å². The quantitative estimate of drug-likeness (QED) is 0.357. The first-order valence-electron chi connectivity index (χ1n) is 10.7. The average Bonchev–Trinajstić information content (AvgIpc) is 3.16. The molecule has 0 radical (unpaired) electrons. The number of hydrogen-bond donors (Lipinski definition) is 2. The summed E-state index contributed by atoms with van der Waals surface area (Å²) in [6.45, 7) is 6.90. The first-order valence-corrected chi connectivity index (χ1v) is 10.7. The van der Waals surface area contributed by atoms with E-state index in [1.165, 1.54) is 0 Å². The molecule has 1 aromatic heterocycles. The lowest BCUT2D eigenvalue weighted by Gasteiger charge is -2.14. The number of aromatic amines is 1. The summed E-state index contributed by atoms with van der Waals surface area (Å²) < 4.78 is 11.9. The molecule has 0 spiro atoms. The summed E-state index contributed by atoms with van der Waals surface area (Å²) >= 11 is 0. The topological polar surface area (TPSA) is 71.6 Å². The first-order chi connectivity index (χ1) is 15.5. The van der Waals surface area contributed by atoms with Gasteiger partial charge >= 0.3 is 5.97 Å². The van der Waals surface area contributed by atoms with Crippen molar-refractivity contribution in [1.82, 2.24) is 4.98 Å². The van der Waals surface area contributed by atoms with Crippen molar-refractivity contribution < 1.29 is 19.4 Å². The van der Waals surface area contributed by atoms with Gasteiger partial charge in [-0.25, -0.2) is 0 Å².